The third kappa shape index (κ3) is 6.57. The Hall–Kier alpha value is -3.93. The maximum Gasteiger partial charge on any atom is 0.416 e. The van der Waals surface area contributed by atoms with Gasteiger partial charge >= 0.3 is 18.4 Å². The Labute approximate surface area is 194 Å². The molecule has 14 heteroatoms. The number of carbonyl (C=O) groups excluding carboxylic acids is 2. The molecule has 0 spiro atoms. The number of benzene rings is 2. The molecule has 1 aliphatic heterocycles. The van der Waals surface area contributed by atoms with Gasteiger partial charge in [0.15, 0.2) is 0 Å². The van der Waals surface area contributed by atoms with Crippen LogP contribution in [0.4, 0.5) is 31.1 Å². The molecule has 186 valence electrons. The van der Waals surface area contributed by atoms with Gasteiger partial charge in [-0.15, -0.1) is 0 Å². The molecule has 2 aromatic rings. The van der Waals surface area contributed by atoms with Gasteiger partial charge in [-0.05, 0) is 29.3 Å². The zero-order valence-corrected chi connectivity index (χ0v) is 17.7. The predicted octanol–water partition coefficient (Wildman–Crippen LogP) is 5.15. The molecular weight excluding hydrogens is 484 g/mol. The van der Waals surface area contributed by atoms with E-state index in [0.717, 1.165) is 4.90 Å². The number of rotatable bonds is 5. The van der Waals surface area contributed by atoms with Crippen molar-refractivity contribution in [2.24, 2.45) is 5.11 Å². The van der Waals surface area contributed by atoms with E-state index in [4.69, 9.17) is 10.3 Å². The summed E-state index contributed by atoms with van der Waals surface area (Å²) in [7, 11) is 0. The normalized spacial score (nSPS) is 18.1. The lowest BCUT2D eigenvalue weighted by Crippen LogP contribution is -2.42. The monoisotopic (exact) mass is 501 g/mol. The highest BCUT2D eigenvalue weighted by Gasteiger charge is 2.39. The highest BCUT2D eigenvalue weighted by Crippen LogP contribution is 2.36. The van der Waals surface area contributed by atoms with Gasteiger partial charge in [-0.3, -0.25) is 4.79 Å². The van der Waals surface area contributed by atoms with Crippen LogP contribution < -0.4 is 5.32 Å². The first-order valence-electron chi connectivity index (χ1n) is 9.98. The fourth-order valence-electron chi connectivity index (χ4n) is 3.41. The van der Waals surface area contributed by atoms with Crippen LogP contribution in [-0.2, 0) is 23.7 Å². The molecule has 0 aliphatic carbocycles. The number of likely N-dealkylation sites (tertiary alicyclic amines) is 1. The minimum absolute atomic E-state index is 0.0656. The first kappa shape index (κ1) is 25.7. The Bertz CT molecular complexity index is 1100. The van der Waals surface area contributed by atoms with Crippen molar-refractivity contribution in [2.45, 2.75) is 31.0 Å². The van der Waals surface area contributed by atoms with Crippen LogP contribution in [-0.4, -0.2) is 42.1 Å². The molecule has 1 N–H and O–H groups in total. The van der Waals surface area contributed by atoms with Crippen LogP contribution >= 0.6 is 0 Å². The molecule has 0 bridgehead atoms. The number of nitrogens with one attached hydrogen (secondary N) is 1. The molecule has 2 aromatic carbocycles. The number of ether oxygens (including phenoxy) is 1. The smallest absolute Gasteiger partial charge is 0.416 e. The van der Waals surface area contributed by atoms with Gasteiger partial charge in [-0.1, -0.05) is 35.4 Å². The lowest BCUT2D eigenvalue weighted by Gasteiger charge is -2.18. The number of azide groups is 1. The third-order valence-electron chi connectivity index (χ3n) is 5.12. The summed E-state index contributed by atoms with van der Waals surface area (Å²) in [6, 6.07) is 7.04. The maximum absolute atomic E-state index is 13.1. The van der Waals surface area contributed by atoms with E-state index in [-0.39, 0.29) is 37.9 Å². The number of halogens is 6. The van der Waals surface area contributed by atoms with Gasteiger partial charge in [0, 0.05) is 23.6 Å². The summed E-state index contributed by atoms with van der Waals surface area (Å²) in [5.74, 6) is -1.26. The summed E-state index contributed by atoms with van der Waals surface area (Å²) in [6.07, 6.45) is -11.1. The van der Waals surface area contributed by atoms with Crippen molar-refractivity contribution in [1.82, 2.24) is 10.2 Å². The molecule has 0 unspecified atom stereocenters. The van der Waals surface area contributed by atoms with Crippen molar-refractivity contribution in [3.05, 3.63) is 81.2 Å². The van der Waals surface area contributed by atoms with Gasteiger partial charge in [0.2, 0.25) is 0 Å². The molecule has 2 atom stereocenters. The number of hydrogen-bond acceptors (Lipinski definition) is 4. The summed E-state index contributed by atoms with van der Waals surface area (Å²) in [5, 5.41) is 5.73. The van der Waals surface area contributed by atoms with Crippen LogP contribution in [0.1, 0.15) is 27.0 Å². The number of alkyl halides is 6. The van der Waals surface area contributed by atoms with Crippen LogP contribution in [0.5, 0.6) is 0 Å². The van der Waals surface area contributed by atoms with Crippen molar-refractivity contribution < 1.29 is 40.7 Å². The average Bonchev–Trinajstić information content (AvgIpc) is 3.19. The number of hydrogen-bond donors (Lipinski definition) is 1. The minimum Gasteiger partial charge on any atom is -0.445 e. The van der Waals surface area contributed by atoms with Crippen LogP contribution in [0.3, 0.4) is 0 Å². The second-order valence-corrected chi connectivity index (χ2v) is 7.59. The fourth-order valence-corrected chi connectivity index (χ4v) is 3.41. The van der Waals surface area contributed by atoms with Crippen LogP contribution in [0.15, 0.2) is 53.6 Å². The standard InChI is InChI=1S/C21H17F6N5O3/c22-20(23,24)14-6-13(7-15(8-14)21(25,26)27)18(33)29-16-9-32(10-17(16)30-31-28)19(34)35-11-12-4-2-1-3-5-12/h1-8,16-17H,9-11H2,(H,29,33)/t16-,17-/m1/s1. The Morgan fingerprint density at radius 2 is 1.63 bits per heavy atom. The summed E-state index contributed by atoms with van der Waals surface area (Å²) in [6.45, 7) is -0.489. The zero-order valence-electron chi connectivity index (χ0n) is 17.7. The lowest BCUT2D eigenvalue weighted by atomic mass is 10.0. The Morgan fingerprint density at radius 3 is 2.17 bits per heavy atom. The lowest BCUT2D eigenvalue weighted by molar-refractivity contribution is -0.143. The first-order chi connectivity index (χ1) is 16.4. The van der Waals surface area contributed by atoms with Crippen LogP contribution in [0.25, 0.3) is 10.4 Å². The molecule has 1 heterocycles. The Kier molecular flexibility index (Phi) is 7.44. The van der Waals surface area contributed by atoms with Crippen molar-refractivity contribution in [2.75, 3.05) is 13.1 Å². The molecule has 0 radical (unpaired) electrons. The van der Waals surface area contributed by atoms with Crippen molar-refractivity contribution in [1.29, 1.82) is 0 Å². The maximum atomic E-state index is 13.1. The molecule has 3 rings (SSSR count). The van der Waals surface area contributed by atoms with Gasteiger partial charge in [-0.25, -0.2) is 4.79 Å². The SMILES string of the molecule is [N-]=[N+]=N[C@@H]1CN(C(=O)OCc2ccccc2)C[C@H]1NC(=O)c1cc(C(F)(F)F)cc(C(F)(F)F)c1. The number of amides is 2. The molecule has 1 fully saturated rings. The van der Waals surface area contributed by atoms with E-state index >= 15 is 0 Å². The van der Waals surface area contributed by atoms with Gasteiger partial charge in [0.1, 0.15) is 6.61 Å². The second-order valence-electron chi connectivity index (χ2n) is 7.59. The van der Waals surface area contributed by atoms with E-state index < -0.39 is 53.1 Å². The molecule has 35 heavy (non-hydrogen) atoms. The van der Waals surface area contributed by atoms with E-state index in [1.807, 2.05) is 0 Å². The van der Waals surface area contributed by atoms with E-state index in [1.165, 1.54) is 0 Å². The number of nitrogens with zero attached hydrogens (tertiary/aromatic N) is 4. The molecule has 0 aromatic heterocycles. The highest BCUT2D eigenvalue weighted by atomic mass is 19.4. The van der Waals surface area contributed by atoms with E-state index in [0.29, 0.717) is 5.56 Å². The summed E-state index contributed by atoms with van der Waals surface area (Å²) in [5.41, 5.74) is 5.29. The van der Waals surface area contributed by atoms with Gasteiger partial charge in [0.05, 0.1) is 23.2 Å². The average molecular weight is 501 g/mol. The van der Waals surface area contributed by atoms with E-state index in [9.17, 15) is 35.9 Å². The first-order valence-corrected chi connectivity index (χ1v) is 9.98. The summed E-state index contributed by atoms with van der Waals surface area (Å²) >= 11 is 0. The van der Waals surface area contributed by atoms with E-state index in [1.54, 1.807) is 30.3 Å². The molecule has 0 saturated carbocycles. The van der Waals surface area contributed by atoms with Gasteiger partial charge < -0.3 is 15.0 Å². The number of carbonyl (C=O) groups is 2. The van der Waals surface area contributed by atoms with Crippen LogP contribution in [0.2, 0.25) is 0 Å². The van der Waals surface area contributed by atoms with Gasteiger partial charge in [-0.2, -0.15) is 26.3 Å². The molecule has 1 saturated heterocycles. The van der Waals surface area contributed by atoms with E-state index in [2.05, 4.69) is 15.3 Å². The van der Waals surface area contributed by atoms with Crippen molar-refractivity contribution in [3.8, 4) is 0 Å². The summed E-state index contributed by atoms with van der Waals surface area (Å²) < 4.78 is 83.7. The highest BCUT2D eigenvalue weighted by molar-refractivity contribution is 5.95. The fraction of sp³-hybridized carbons (Fsp3) is 0.333. The quantitative estimate of drug-likeness (QED) is 0.265. The minimum atomic E-state index is -5.13. The largest absolute Gasteiger partial charge is 0.445 e. The topological polar surface area (TPSA) is 107 Å². The summed E-state index contributed by atoms with van der Waals surface area (Å²) in [4.78, 5) is 28.7. The van der Waals surface area contributed by atoms with Crippen LogP contribution in [0, 0.1) is 0 Å². The zero-order chi connectivity index (χ0) is 25.8. The predicted molar refractivity (Wildman–Crippen MR) is 109 cm³/mol. The van der Waals surface area contributed by atoms with Crippen molar-refractivity contribution in [3.63, 3.8) is 0 Å². The molecular formula is C21H17F6N5O3. The Morgan fingerprint density at radius 1 is 1.03 bits per heavy atom. The molecule has 2 amide bonds. The molecule has 1 aliphatic rings. The third-order valence-corrected chi connectivity index (χ3v) is 5.12. The Balaban J connectivity index is 1.76. The second kappa shape index (κ2) is 10.1. The van der Waals surface area contributed by atoms with Crippen molar-refractivity contribution >= 4 is 12.0 Å². The van der Waals surface area contributed by atoms with Gasteiger partial charge in [0.25, 0.3) is 5.91 Å². The molecule has 8 nitrogen and oxygen atoms in total.